The van der Waals surface area contributed by atoms with Crippen LogP contribution in [0.25, 0.3) is 0 Å². The van der Waals surface area contributed by atoms with Crippen molar-refractivity contribution in [3.63, 3.8) is 0 Å². The highest BCUT2D eigenvalue weighted by Gasteiger charge is 2.29. The van der Waals surface area contributed by atoms with Crippen LogP contribution in [0.4, 0.5) is 11.4 Å². The number of nitrogens with two attached hydrogens (primary N) is 1. The number of benzene rings is 1. The Morgan fingerprint density at radius 3 is 3.00 bits per heavy atom. The second kappa shape index (κ2) is 4.86. The summed E-state index contributed by atoms with van der Waals surface area (Å²) in [4.78, 5) is 10.9. The molecule has 1 unspecified atom stereocenters. The van der Waals surface area contributed by atoms with Crippen LogP contribution in [0.15, 0.2) is 18.2 Å². The van der Waals surface area contributed by atoms with Gasteiger partial charge in [-0.2, -0.15) is 0 Å². The van der Waals surface area contributed by atoms with Crippen molar-refractivity contribution in [3.8, 4) is 0 Å². The zero-order valence-electron chi connectivity index (χ0n) is 10.4. The molecule has 1 aromatic carbocycles. The summed E-state index contributed by atoms with van der Waals surface area (Å²) in [5.41, 5.74) is 7.05. The number of carbonyl (C=O) groups is 1. The van der Waals surface area contributed by atoms with Gasteiger partial charge >= 0.3 is 5.97 Å². The highest BCUT2D eigenvalue weighted by Crippen LogP contribution is 2.27. The SMILES string of the molecule is CC1(CNc2cc(C(=O)O)ccc2N)CCCO1. The minimum atomic E-state index is -0.957. The molecule has 1 heterocycles. The van der Waals surface area contributed by atoms with Gasteiger partial charge in [0.2, 0.25) is 0 Å². The van der Waals surface area contributed by atoms with E-state index in [1.54, 1.807) is 12.1 Å². The molecule has 1 fully saturated rings. The number of anilines is 2. The molecule has 1 saturated heterocycles. The summed E-state index contributed by atoms with van der Waals surface area (Å²) in [5.74, 6) is -0.957. The molecule has 0 bridgehead atoms. The zero-order chi connectivity index (χ0) is 13.2. The molecule has 0 spiro atoms. The van der Waals surface area contributed by atoms with E-state index in [0.29, 0.717) is 17.9 Å². The number of carboxylic acid groups (broad SMARTS) is 1. The number of carboxylic acids is 1. The fourth-order valence-corrected chi connectivity index (χ4v) is 2.10. The maximum absolute atomic E-state index is 10.9. The molecule has 0 aromatic heterocycles. The first kappa shape index (κ1) is 12.7. The van der Waals surface area contributed by atoms with E-state index < -0.39 is 5.97 Å². The van der Waals surface area contributed by atoms with Crippen LogP contribution >= 0.6 is 0 Å². The first-order chi connectivity index (χ1) is 8.50. The van der Waals surface area contributed by atoms with Crippen LogP contribution in [0.2, 0.25) is 0 Å². The maximum atomic E-state index is 10.9. The molecule has 0 amide bonds. The molecule has 0 aliphatic carbocycles. The van der Waals surface area contributed by atoms with Gasteiger partial charge in [-0.3, -0.25) is 0 Å². The molecule has 5 nitrogen and oxygen atoms in total. The van der Waals surface area contributed by atoms with Crippen molar-refractivity contribution in [2.75, 3.05) is 24.2 Å². The highest BCUT2D eigenvalue weighted by atomic mass is 16.5. The van der Waals surface area contributed by atoms with Gasteiger partial charge < -0.3 is 20.9 Å². The topological polar surface area (TPSA) is 84.6 Å². The van der Waals surface area contributed by atoms with Crippen molar-refractivity contribution in [1.29, 1.82) is 0 Å². The van der Waals surface area contributed by atoms with E-state index in [4.69, 9.17) is 15.6 Å². The zero-order valence-corrected chi connectivity index (χ0v) is 10.4. The lowest BCUT2D eigenvalue weighted by atomic mass is 10.0. The van der Waals surface area contributed by atoms with Crippen molar-refractivity contribution >= 4 is 17.3 Å². The summed E-state index contributed by atoms with van der Waals surface area (Å²) in [5, 5.41) is 12.1. The van der Waals surface area contributed by atoms with Crippen molar-refractivity contribution in [2.24, 2.45) is 0 Å². The minimum Gasteiger partial charge on any atom is -0.478 e. The lowest BCUT2D eigenvalue weighted by Gasteiger charge is -2.24. The number of aromatic carboxylic acids is 1. The van der Waals surface area contributed by atoms with E-state index in [0.717, 1.165) is 19.4 Å². The Bertz CT molecular complexity index is 454. The number of hydrogen-bond acceptors (Lipinski definition) is 4. The molecule has 5 heteroatoms. The molecule has 0 saturated carbocycles. The molecular weight excluding hydrogens is 232 g/mol. The number of rotatable bonds is 4. The summed E-state index contributed by atoms with van der Waals surface area (Å²) < 4.78 is 5.66. The normalized spacial score (nSPS) is 22.9. The van der Waals surface area contributed by atoms with Gasteiger partial charge in [-0.05, 0) is 38.0 Å². The molecule has 4 N–H and O–H groups in total. The first-order valence-electron chi connectivity index (χ1n) is 6.01. The minimum absolute atomic E-state index is 0.189. The second-order valence-electron chi connectivity index (χ2n) is 4.86. The maximum Gasteiger partial charge on any atom is 0.335 e. The number of nitrogens with one attached hydrogen (secondary N) is 1. The van der Waals surface area contributed by atoms with Crippen molar-refractivity contribution in [2.45, 2.75) is 25.4 Å². The molecule has 18 heavy (non-hydrogen) atoms. The van der Waals surface area contributed by atoms with Crippen LogP contribution in [-0.2, 0) is 4.74 Å². The summed E-state index contributed by atoms with van der Waals surface area (Å²) in [6.07, 6.45) is 2.06. The van der Waals surface area contributed by atoms with Gasteiger partial charge in [0.1, 0.15) is 0 Å². The van der Waals surface area contributed by atoms with Gasteiger partial charge in [-0.15, -0.1) is 0 Å². The smallest absolute Gasteiger partial charge is 0.335 e. The van der Waals surface area contributed by atoms with Gasteiger partial charge in [0.25, 0.3) is 0 Å². The fourth-order valence-electron chi connectivity index (χ4n) is 2.10. The number of nitrogen functional groups attached to an aromatic ring is 1. The molecule has 0 radical (unpaired) electrons. The van der Waals surface area contributed by atoms with Crippen LogP contribution < -0.4 is 11.1 Å². The van der Waals surface area contributed by atoms with Crippen LogP contribution in [0.3, 0.4) is 0 Å². The molecule has 98 valence electrons. The van der Waals surface area contributed by atoms with E-state index >= 15 is 0 Å². The van der Waals surface area contributed by atoms with Crippen LogP contribution in [0.5, 0.6) is 0 Å². The number of hydrogen-bond donors (Lipinski definition) is 3. The average Bonchev–Trinajstić information content (AvgIpc) is 2.75. The Morgan fingerprint density at radius 1 is 1.61 bits per heavy atom. The Balaban J connectivity index is 2.08. The van der Waals surface area contributed by atoms with Crippen LogP contribution in [-0.4, -0.2) is 29.8 Å². The lowest BCUT2D eigenvalue weighted by molar-refractivity contribution is 0.0315. The average molecular weight is 250 g/mol. The van der Waals surface area contributed by atoms with Gasteiger partial charge in [0, 0.05) is 13.2 Å². The van der Waals surface area contributed by atoms with Gasteiger partial charge in [-0.25, -0.2) is 4.79 Å². The third-order valence-corrected chi connectivity index (χ3v) is 3.25. The summed E-state index contributed by atoms with van der Waals surface area (Å²) in [6, 6.07) is 4.65. The van der Waals surface area contributed by atoms with Gasteiger partial charge in [-0.1, -0.05) is 0 Å². The van der Waals surface area contributed by atoms with E-state index in [1.165, 1.54) is 6.07 Å². The Hall–Kier alpha value is -1.75. The quantitative estimate of drug-likeness (QED) is 0.711. The largest absolute Gasteiger partial charge is 0.478 e. The Kier molecular flexibility index (Phi) is 3.43. The molecule has 2 rings (SSSR count). The Morgan fingerprint density at radius 2 is 2.39 bits per heavy atom. The van der Waals surface area contributed by atoms with Crippen LogP contribution in [0, 0.1) is 0 Å². The van der Waals surface area contributed by atoms with Crippen LogP contribution in [0.1, 0.15) is 30.1 Å². The molecule has 1 aromatic rings. The predicted molar refractivity (Wildman–Crippen MR) is 69.9 cm³/mol. The standard InChI is InChI=1S/C13H18N2O3/c1-13(5-2-6-18-13)8-15-11-7-9(12(16)17)3-4-10(11)14/h3-4,7,15H,2,5-6,8,14H2,1H3,(H,16,17). The third-order valence-electron chi connectivity index (χ3n) is 3.25. The van der Waals surface area contributed by atoms with E-state index in [9.17, 15) is 4.79 Å². The third kappa shape index (κ3) is 2.73. The van der Waals surface area contributed by atoms with E-state index in [-0.39, 0.29) is 11.2 Å². The summed E-state index contributed by atoms with van der Waals surface area (Å²) in [6.45, 7) is 3.45. The fraction of sp³-hybridized carbons (Fsp3) is 0.462. The number of ether oxygens (including phenoxy) is 1. The molecule has 1 aliphatic heterocycles. The Labute approximate surface area is 106 Å². The van der Waals surface area contributed by atoms with E-state index in [2.05, 4.69) is 5.32 Å². The molecule has 1 atom stereocenters. The van der Waals surface area contributed by atoms with Gasteiger partial charge in [0.05, 0.1) is 22.5 Å². The lowest BCUT2D eigenvalue weighted by Crippen LogP contribution is -2.32. The highest BCUT2D eigenvalue weighted by molar-refractivity contribution is 5.90. The first-order valence-corrected chi connectivity index (χ1v) is 6.01. The predicted octanol–water partition coefficient (Wildman–Crippen LogP) is 1.95. The summed E-state index contributed by atoms with van der Waals surface area (Å²) in [7, 11) is 0. The second-order valence-corrected chi connectivity index (χ2v) is 4.86. The van der Waals surface area contributed by atoms with Crippen molar-refractivity contribution in [1.82, 2.24) is 0 Å². The van der Waals surface area contributed by atoms with Crippen molar-refractivity contribution in [3.05, 3.63) is 23.8 Å². The molecular formula is C13H18N2O3. The summed E-state index contributed by atoms with van der Waals surface area (Å²) >= 11 is 0. The molecule has 1 aliphatic rings. The van der Waals surface area contributed by atoms with E-state index in [1.807, 2.05) is 6.92 Å². The monoisotopic (exact) mass is 250 g/mol. The van der Waals surface area contributed by atoms with Gasteiger partial charge in [0.15, 0.2) is 0 Å². The van der Waals surface area contributed by atoms with Crippen molar-refractivity contribution < 1.29 is 14.6 Å².